The van der Waals surface area contributed by atoms with Crippen LogP contribution in [0.4, 0.5) is 21.5 Å². The number of nitrogens with zero attached hydrogens (tertiary/aromatic N) is 1. The van der Waals surface area contributed by atoms with E-state index in [1.165, 1.54) is 18.3 Å². The normalized spacial score (nSPS) is 10.4. The van der Waals surface area contributed by atoms with Crippen LogP contribution >= 0.6 is 23.2 Å². The van der Waals surface area contributed by atoms with Gasteiger partial charge >= 0.3 is 0 Å². The van der Waals surface area contributed by atoms with Crippen LogP contribution in [-0.4, -0.2) is 10.9 Å². The van der Waals surface area contributed by atoms with Gasteiger partial charge in [-0.1, -0.05) is 35.3 Å². The molecule has 0 fully saturated rings. The molecule has 0 aliphatic heterocycles. The number of carbonyl (C=O) groups excluding carboxylic acids is 1. The van der Waals surface area contributed by atoms with Crippen molar-refractivity contribution in [3.8, 4) is 0 Å². The molecule has 0 spiro atoms. The van der Waals surface area contributed by atoms with Gasteiger partial charge in [0, 0.05) is 27.6 Å². The largest absolute Gasteiger partial charge is 0.353 e. The van der Waals surface area contributed by atoms with Crippen molar-refractivity contribution in [1.82, 2.24) is 4.98 Å². The Morgan fingerprint density at radius 2 is 1.68 bits per heavy atom. The SMILES string of the molecule is O=C(Nc1cc(Cl)cc(Cl)c1)c1cc(Nc2ccccc2F)ccn1. The molecule has 126 valence electrons. The van der Waals surface area contributed by atoms with Crippen molar-refractivity contribution >= 4 is 46.2 Å². The molecular formula is C18H12Cl2FN3O. The number of rotatable bonds is 4. The number of nitrogens with one attached hydrogen (secondary N) is 2. The first-order valence-electron chi connectivity index (χ1n) is 7.26. The van der Waals surface area contributed by atoms with E-state index in [0.29, 0.717) is 27.1 Å². The van der Waals surface area contributed by atoms with E-state index >= 15 is 0 Å². The molecule has 2 N–H and O–H groups in total. The molecule has 1 aromatic heterocycles. The number of pyridine rings is 1. The Hall–Kier alpha value is -2.63. The zero-order valence-electron chi connectivity index (χ0n) is 12.8. The number of amides is 1. The predicted octanol–water partition coefficient (Wildman–Crippen LogP) is 5.52. The lowest BCUT2D eigenvalue weighted by Crippen LogP contribution is -2.13. The fourth-order valence-corrected chi connectivity index (χ4v) is 2.70. The van der Waals surface area contributed by atoms with Crippen LogP contribution in [0.2, 0.25) is 10.0 Å². The van der Waals surface area contributed by atoms with Crippen LogP contribution in [0, 0.1) is 5.82 Å². The summed E-state index contributed by atoms with van der Waals surface area (Å²) in [4.78, 5) is 16.4. The first-order chi connectivity index (χ1) is 12.0. The van der Waals surface area contributed by atoms with E-state index in [1.54, 1.807) is 42.5 Å². The molecule has 0 aliphatic rings. The molecule has 0 bridgehead atoms. The summed E-state index contributed by atoms with van der Waals surface area (Å²) >= 11 is 11.8. The molecule has 4 nitrogen and oxygen atoms in total. The van der Waals surface area contributed by atoms with Gasteiger partial charge in [-0.15, -0.1) is 0 Å². The number of halogens is 3. The highest BCUT2D eigenvalue weighted by atomic mass is 35.5. The zero-order valence-corrected chi connectivity index (χ0v) is 14.3. The Morgan fingerprint density at radius 3 is 2.40 bits per heavy atom. The molecule has 0 atom stereocenters. The minimum Gasteiger partial charge on any atom is -0.353 e. The smallest absolute Gasteiger partial charge is 0.274 e. The number of hydrogen-bond acceptors (Lipinski definition) is 3. The highest BCUT2D eigenvalue weighted by Gasteiger charge is 2.10. The minimum absolute atomic E-state index is 0.164. The zero-order chi connectivity index (χ0) is 17.8. The van der Waals surface area contributed by atoms with Gasteiger partial charge in [-0.3, -0.25) is 9.78 Å². The number of aromatic nitrogens is 1. The fourth-order valence-electron chi connectivity index (χ4n) is 2.17. The molecule has 7 heteroatoms. The molecule has 3 rings (SSSR count). The molecule has 0 aliphatic carbocycles. The predicted molar refractivity (Wildman–Crippen MR) is 98.3 cm³/mol. The molecule has 25 heavy (non-hydrogen) atoms. The van der Waals surface area contributed by atoms with Crippen LogP contribution in [-0.2, 0) is 0 Å². The van der Waals surface area contributed by atoms with Gasteiger partial charge in [0.05, 0.1) is 5.69 Å². The molecule has 2 aromatic carbocycles. The third-order valence-electron chi connectivity index (χ3n) is 3.27. The average Bonchev–Trinajstić information content (AvgIpc) is 2.56. The van der Waals surface area contributed by atoms with Gasteiger partial charge in [0.25, 0.3) is 5.91 Å². The van der Waals surface area contributed by atoms with Gasteiger partial charge in [0.2, 0.25) is 0 Å². The molecule has 0 saturated heterocycles. The Morgan fingerprint density at radius 1 is 0.960 bits per heavy atom. The van der Waals surface area contributed by atoms with Crippen LogP contribution in [0.3, 0.4) is 0 Å². The third kappa shape index (κ3) is 4.47. The maximum absolute atomic E-state index is 13.7. The van der Waals surface area contributed by atoms with E-state index in [0.717, 1.165) is 0 Å². The summed E-state index contributed by atoms with van der Waals surface area (Å²) in [5.74, 6) is -0.825. The monoisotopic (exact) mass is 375 g/mol. The van der Waals surface area contributed by atoms with Crippen molar-refractivity contribution in [2.75, 3.05) is 10.6 Å². The number of para-hydroxylation sites is 1. The molecular weight excluding hydrogens is 364 g/mol. The number of benzene rings is 2. The number of hydrogen-bond donors (Lipinski definition) is 2. The summed E-state index contributed by atoms with van der Waals surface area (Å²) in [6.07, 6.45) is 1.46. The quantitative estimate of drug-likeness (QED) is 0.630. The van der Waals surface area contributed by atoms with Crippen LogP contribution in [0.15, 0.2) is 60.8 Å². The van der Waals surface area contributed by atoms with Crippen LogP contribution in [0.25, 0.3) is 0 Å². The summed E-state index contributed by atoms with van der Waals surface area (Å²) in [6.45, 7) is 0. The van der Waals surface area contributed by atoms with Crippen LogP contribution in [0.1, 0.15) is 10.5 Å². The van der Waals surface area contributed by atoms with Crippen molar-refractivity contribution in [2.45, 2.75) is 0 Å². The summed E-state index contributed by atoms with van der Waals surface area (Å²) in [7, 11) is 0. The van der Waals surface area contributed by atoms with Crippen molar-refractivity contribution in [1.29, 1.82) is 0 Å². The standard InChI is InChI=1S/C18H12Cl2FN3O/c19-11-7-12(20)9-14(8-11)24-18(25)17-10-13(5-6-22-17)23-16-4-2-1-3-15(16)21/h1-10H,(H,22,23)(H,24,25). The Bertz CT molecular complexity index is 913. The summed E-state index contributed by atoms with van der Waals surface area (Å²) in [6, 6.07) is 14.1. The fraction of sp³-hybridized carbons (Fsp3) is 0. The second-order valence-corrected chi connectivity index (χ2v) is 6.02. The summed E-state index contributed by atoms with van der Waals surface area (Å²) < 4.78 is 13.7. The Balaban J connectivity index is 1.78. The van der Waals surface area contributed by atoms with Crippen LogP contribution in [0.5, 0.6) is 0 Å². The van der Waals surface area contributed by atoms with Crippen molar-refractivity contribution in [3.63, 3.8) is 0 Å². The lowest BCUT2D eigenvalue weighted by Gasteiger charge is -2.09. The van der Waals surface area contributed by atoms with E-state index in [-0.39, 0.29) is 11.5 Å². The van der Waals surface area contributed by atoms with Gasteiger partial charge in [-0.05, 0) is 42.5 Å². The molecule has 1 heterocycles. The second-order valence-electron chi connectivity index (χ2n) is 5.15. The lowest BCUT2D eigenvalue weighted by molar-refractivity contribution is 0.102. The summed E-state index contributed by atoms with van der Waals surface area (Å²) in [5.41, 5.74) is 1.46. The van der Waals surface area contributed by atoms with E-state index in [2.05, 4.69) is 15.6 Å². The van der Waals surface area contributed by atoms with Gasteiger partial charge in [-0.2, -0.15) is 0 Å². The first-order valence-corrected chi connectivity index (χ1v) is 8.02. The van der Waals surface area contributed by atoms with E-state index < -0.39 is 5.91 Å². The second kappa shape index (κ2) is 7.51. The lowest BCUT2D eigenvalue weighted by atomic mass is 10.2. The minimum atomic E-state index is -0.435. The van der Waals surface area contributed by atoms with Crippen LogP contribution < -0.4 is 10.6 Å². The average molecular weight is 376 g/mol. The van der Waals surface area contributed by atoms with Crippen molar-refractivity contribution < 1.29 is 9.18 Å². The molecule has 0 saturated carbocycles. The number of anilines is 3. The van der Waals surface area contributed by atoms with E-state index in [9.17, 15) is 9.18 Å². The topological polar surface area (TPSA) is 54.0 Å². The molecule has 1 amide bonds. The van der Waals surface area contributed by atoms with Crippen molar-refractivity contribution in [3.05, 3.63) is 82.4 Å². The molecule has 0 radical (unpaired) electrons. The van der Waals surface area contributed by atoms with Gasteiger partial charge in [0.15, 0.2) is 0 Å². The van der Waals surface area contributed by atoms with Gasteiger partial charge in [-0.25, -0.2) is 4.39 Å². The third-order valence-corrected chi connectivity index (χ3v) is 3.70. The maximum atomic E-state index is 13.7. The van der Waals surface area contributed by atoms with Crippen molar-refractivity contribution in [2.24, 2.45) is 0 Å². The van der Waals surface area contributed by atoms with Gasteiger partial charge in [0.1, 0.15) is 11.5 Å². The number of carbonyl (C=O) groups is 1. The Labute approximate surface area is 153 Å². The highest BCUT2D eigenvalue weighted by molar-refractivity contribution is 6.35. The molecule has 3 aromatic rings. The maximum Gasteiger partial charge on any atom is 0.274 e. The molecule has 0 unspecified atom stereocenters. The highest BCUT2D eigenvalue weighted by Crippen LogP contribution is 2.23. The first kappa shape index (κ1) is 17.2. The van der Waals surface area contributed by atoms with Gasteiger partial charge < -0.3 is 10.6 Å². The summed E-state index contributed by atoms with van der Waals surface area (Å²) in [5, 5.41) is 6.40. The van der Waals surface area contributed by atoms with E-state index in [4.69, 9.17) is 23.2 Å². The Kier molecular flexibility index (Phi) is 5.16. The van der Waals surface area contributed by atoms with E-state index in [1.807, 2.05) is 0 Å².